The fraction of sp³-hybridized carbons (Fsp3) is 0.158. The Balaban J connectivity index is 0.000000202. The van der Waals surface area contributed by atoms with Crippen molar-refractivity contribution in [3.05, 3.63) is 142 Å². The van der Waals surface area contributed by atoms with Crippen LogP contribution in [-0.4, -0.2) is 53.3 Å². The van der Waals surface area contributed by atoms with Gasteiger partial charge in [0.1, 0.15) is 41.5 Å². The molecule has 52 heavy (non-hydrogen) atoms. The summed E-state index contributed by atoms with van der Waals surface area (Å²) in [6.07, 6.45) is 3.74. The molecule has 12 nitrogen and oxygen atoms in total. The van der Waals surface area contributed by atoms with Crippen molar-refractivity contribution in [3.63, 3.8) is 0 Å². The highest BCUT2D eigenvalue weighted by Gasteiger charge is 2.17. The van der Waals surface area contributed by atoms with Gasteiger partial charge in [0.05, 0.1) is 50.4 Å². The Labute approximate surface area is 298 Å². The zero-order valence-electron chi connectivity index (χ0n) is 28.7. The highest BCUT2D eigenvalue weighted by atomic mass is 19.1. The van der Waals surface area contributed by atoms with Crippen molar-refractivity contribution in [2.75, 3.05) is 34.2 Å². The lowest BCUT2D eigenvalue weighted by Gasteiger charge is -2.10. The van der Waals surface area contributed by atoms with Crippen molar-refractivity contribution in [1.29, 1.82) is 0 Å². The van der Waals surface area contributed by atoms with Gasteiger partial charge in [0, 0.05) is 41.4 Å². The van der Waals surface area contributed by atoms with E-state index in [9.17, 15) is 18.9 Å². The number of benzene rings is 4. The number of ether oxygens (including phenoxy) is 4. The minimum Gasteiger partial charge on any atom is -0.496 e. The van der Waals surface area contributed by atoms with Crippen molar-refractivity contribution < 1.29 is 32.7 Å². The van der Waals surface area contributed by atoms with E-state index >= 15 is 0 Å². The van der Waals surface area contributed by atoms with Gasteiger partial charge in [-0.05, 0) is 77.9 Å². The second-order valence-electron chi connectivity index (χ2n) is 11.2. The summed E-state index contributed by atoms with van der Waals surface area (Å²) in [5, 5.41) is 11.2. The first-order valence-electron chi connectivity index (χ1n) is 15.7. The zero-order valence-corrected chi connectivity index (χ0v) is 28.7. The molecule has 14 heteroatoms. The lowest BCUT2D eigenvalue weighted by atomic mass is 10.1. The molecule has 2 heterocycles. The number of nitrogens with two attached hydrogens (primary N) is 1. The van der Waals surface area contributed by atoms with Crippen molar-refractivity contribution in [3.8, 4) is 45.5 Å². The minimum absolute atomic E-state index is 0.115. The van der Waals surface area contributed by atoms with Gasteiger partial charge in [-0.1, -0.05) is 12.1 Å². The number of anilines is 1. The number of halogens is 2. The maximum absolute atomic E-state index is 13.6. The number of hydrogen-bond donors (Lipinski definition) is 1. The molecule has 0 aliphatic carbocycles. The molecule has 0 bridgehead atoms. The van der Waals surface area contributed by atoms with Crippen LogP contribution in [-0.2, 0) is 12.8 Å². The molecule has 0 aliphatic rings. The summed E-state index contributed by atoms with van der Waals surface area (Å²) in [5.41, 5.74) is 11.7. The van der Waals surface area contributed by atoms with Crippen LogP contribution in [0.25, 0.3) is 22.5 Å². The number of nitro benzene ring substituents is 1. The molecule has 0 saturated heterocycles. The van der Waals surface area contributed by atoms with E-state index < -0.39 is 10.7 Å². The maximum Gasteiger partial charge on any atom is 0.311 e. The van der Waals surface area contributed by atoms with Crippen LogP contribution >= 0.6 is 0 Å². The summed E-state index contributed by atoms with van der Waals surface area (Å²) < 4.78 is 48.0. The summed E-state index contributed by atoms with van der Waals surface area (Å²) in [6, 6.07) is 22.3. The molecule has 6 rings (SSSR count). The van der Waals surface area contributed by atoms with Crippen molar-refractivity contribution in [1.82, 2.24) is 19.9 Å². The van der Waals surface area contributed by atoms with E-state index in [0.717, 1.165) is 11.3 Å². The van der Waals surface area contributed by atoms with Crippen LogP contribution in [0.4, 0.5) is 20.2 Å². The molecular weight excluding hydrogens is 674 g/mol. The van der Waals surface area contributed by atoms with Crippen molar-refractivity contribution >= 4 is 11.4 Å². The second-order valence-corrected chi connectivity index (χ2v) is 11.2. The molecule has 0 saturated carbocycles. The molecule has 2 N–H and O–H groups in total. The van der Waals surface area contributed by atoms with E-state index in [1.54, 1.807) is 38.5 Å². The van der Waals surface area contributed by atoms with Gasteiger partial charge in [0.25, 0.3) is 0 Å². The van der Waals surface area contributed by atoms with Crippen molar-refractivity contribution in [2.45, 2.75) is 12.8 Å². The molecule has 0 spiro atoms. The minimum atomic E-state index is -0.495. The molecule has 0 aliphatic heterocycles. The largest absolute Gasteiger partial charge is 0.496 e. The summed E-state index contributed by atoms with van der Waals surface area (Å²) in [7, 11) is 5.99. The topological polar surface area (TPSA) is 158 Å². The first kappa shape index (κ1) is 36.6. The molecular formula is C38H34F2N6O6. The lowest BCUT2D eigenvalue weighted by Crippen LogP contribution is -1.99. The normalized spacial score (nSPS) is 10.5. The van der Waals surface area contributed by atoms with Crippen molar-refractivity contribution in [2.24, 2.45) is 0 Å². The highest BCUT2D eigenvalue weighted by molar-refractivity contribution is 5.68. The number of nitrogens with zero attached hydrogens (tertiary/aromatic N) is 5. The summed E-state index contributed by atoms with van der Waals surface area (Å²) in [5.74, 6) is 1.12. The third kappa shape index (κ3) is 8.90. The van der Waals surface area contributed by atoms with Gasteiger partial charge in [-0.2, -0.15) is 0 Å². The fourth-order valence-electron chi connectivity index (χ4n) is 5.34. The quantitative estimate of drug-likeness (QED) is 0.0820. The molecule has 0 unspecified atom stereocenters. The molecule has 0 amide bonds. The van der Waals surface area contributed by atoms with E-state index in [2.05, 4.69) is 19.9 Å². The van der Waals surface area contributed by atoms with Crippen LogP contribution in [0.5, 0.6) is 23.0 Å². The van der Waals surface area contributed by atoms with Crippen LogP contribution in [0.2, 0.25) is 0 Å². The van der Waals surface area contributed by atoms with Crippen LogP contribution in [0.15, 0.2) is 97.6 Å². The number of nitrogen functional groups attached to an aromatic ring is 1. The maximum atomic E-state index is 13.6. The predicted molar refractivity (Wildman–Crippen MR) is 191 cm³/mol. The number of methoxy groups -OCH3 is 4. The van der Waals surface area contributed by atoms with Crippen LogP contribution in [0.1, 0.15) is 22.5 Å². The molecule has 266 valence electrons. The van der Waals surface area contributed by atoms with Gasteiger partial charge in [0.15, 0.2) is 5.75 Å². The Morgan fingerprint density at radius 2 is 1.04 bits per heavy atom. The number of rotatable bonds is 11. The fourth-order valence-corrected chi connectivity index (χ4v) is 5.34. The van der Waals surface area contributed by atoms with E-state index in [1.807, 2.05) is 24.3 Å². The number of nitro groups is 1. The van der Waals surface area contributed by atoms with Gasteiger partial charge in [-0.25, -0.2) is 28.7 Å². The molecule has 6 aromatic rings. The smallest absolute Gasteiger partial charge is 0.311 e. The standard InChI is InChI=1S/C19H16FN3O4.C19H18FN3O2/c1-26-18-6-4-13(20)9-15(18)16-10-14(21-11-22-16)7-12-3-5-19(27-2)17(8-12)23(24)25;1-24-18-6-4-13(20)9-15(18)17-10-14(22-11-23-17)7-12-3-5-19(25-2)16(21)8-12/h3-6,8-11H,7H2,1-2H3;3-6,8-11H,7,21H2,1-2H3. The van der Waals surface area contributed by atoms with Crippen LogP contribution in [0, 0.1) is 21.7 Å². The third-order valence-electron chi connectivity index (χ3n) is 7.83. The Morgan fingerprint density at radius 1 is 0.596 bits per heavy atom. The molecule has 0 radical (unpaired) electrons. The van der Waals surface area contributed by atoms with Gasteiger partial charge < -0.3 is 24.7 Å². The summed E-state index contributed by atoms with van der Waals surface area (Å²) in [4.78, 5) is 27.6. The Hall–Kier alpha value is -6.70. The lowest BCUT2D eigenvalue weighted by molar-refractivity contribution is -0.385. The van der Waals surface area contributed by atoms with E-state index in [-0.39, 0.29) is 17.3 Å². The SMILES string of the molecule is COc1ccc(Cc2cc(-c3cc(F)ccc3OC)ncn2)cc1N.COc1ccc(F)cc1-c1cc(Cc2ccc(OC)c([N+](=O)[O-])c2)ncn1. The average Bonchev–Trinajstić information content (AvgIpc) is 3.15. The summed E-state index contributed by atoms with van der Waals surface area (Å²) in [6.45, 7) is 0. The van der Waals surface area contributed by atoms with E-state index in [4.69, 9.17) is 24.7 Å². The van der Waals surface area contributed by atoms with Gasteiger partial charge in [-0.3, -0.25) is 10.1 Å². The van der Waals surface area contributed by atoms with Gasteiger partial charge in [0.2, 0.25) is 0 Å². The highest BCUT2D eigenvalue weighted by Crippen LogP contribution is 2.32. The Bertz CT molecular complexity index is 2200. The molecule has 0 fully saturated rings. The number of hydrogen-bond acceptors (Lipinski definition) is 11. The predicted octanol–water partition coefficient (Wildman–Crippen LogP) is 7.27. The first-order chi connectivity index (χ1) is 25.1. The van der Waals surface area contributed by atoms with E-state index in [0.29, 0.717) is 69.5 Å². The van der Waals surface area contributed by atoms with E-state index in [1.165, 1.54) is 63.3 Å². The summed E-state index contributed by atoms with van der Waals surface area (Å²) >= 11 is 0. The molecule has 0 atom stereocenters. The monoisotopic (exact) mass is 708 g/mol. The van der Waals surface area contributed by atoms with Crippen LogP contribution in [0.3, 0.4) is 0 Å². The molecule has 2 aromatic heterocycles. The van der Waals surface area contributed by atoms with Crippen LogP contribution < -0.4 is 24.7 Å². The Kier molecular flexibility index (Phi) is 11.8. The van der Waals surface area contributed by atoms with Gasteiger partial charge in [-0.15, -0.1) is 0 Å². The number of aromatic nitrogens is 4. The zero-order chi connectivity index (χ0) is 37.2. The third-order valence-corrected chi connectivity index (χ3v) is 7.83. The van der Waals surface area contributed by atoms with Gasteiger partial charge >= 0.3 is 5.69 Å². The Morgan fingerprint density at radius 3 is 1.48 bits per heavy atom. The second kappa shape index (κ2) is 16.8. The average molecular weight is 709 g/mol. The molecule has 4 aromatic carbocycles. The first-order valence-corrected chi connectivity index (χ1v) is 15.7.